The van der Waals surface area contributed by atoms with Gasteiger partial charge in [0, 0.05) is 12.6 Å². The maximum atomic E-state index is 12.9. The van der Waals surface area contributed by atoms with Crippen molar-refractivity contribution in [3.8, 4) is 28.4 Å². The number of nitrogens with one attached hydrogen (secondary N) is 1. The van der Waals surface area contributed by atoms with Gasteiger partial charge >= 0.3 is 0 Å². The van der Waals surface area contributed by atoms with Crippen molar-refractivity contribution in [2.45, 2.75) is 18.9 Å². The molecule has 2 aliphatic rings. The monoisotopic (exact) mass is 442 g/mol. The summed E-state index contributed by atoms with van der Waals surface area (Å²) >= 11 is 5.46. The molecule has 1 fully saturated rings. The van der Waals surface area contributed by atoms with E-state index in [1.807, 2.05) is 18.2 Å². The molecule has 1 aliphatic heterocycles. The van der Waals surface area contributed by atoms with Crippen molar-refractivity contribution in [3.05, 3.63) is 45.6 Å². The van der Waals surface area contributed by atoms with Crippen LogP contribution in [0.1, 0.15) is 23.6 Å². The number of nitrogens with zero attached hydrogens (tertiary/aromatic N) is 1. The van der Waals surface area contributed by atoms with Crippen LogP contribution in [0, 0.1) is 0 Å². The first-order valence-electron chi connectivity index (χ1n) is 10.2. The largest absolute Gasteiger partial charge is 0.493 e. The first-order chi connectivity index (χ1) is 15.0. The lowest BCUT2D eigenvalue weighted by Crippen LogP contribution is -2.30. The number of aryl methyl sites for hydroxylation is 1. The molecule has 2 aromatic carbocycles. The number of anilines is 1. The van der Waals surface area contributed by atoms with Gasteiger partial charge in [0.2, 0.25) is 11.2 Å². The predicted molar refractivity (Wildman–Crippen MR) is 124 cm³/mol. The van der Waals surface area contributed by atoms with Gasteiger partial charge in [0.1, 0.15) is 6.61 Å². The van der Waals surface area contributed by atoms with Gasteiger partial charge in [0.15, 0.2) is 11.5 Å². The molecule has 0 bridgehead atoms. The van der Waals surface area contributed by atoms with E-state index in [9.17, 15) is 4.79 Å². The molecule has 164 valence electrons. The first kappa shape index (κ1) is 21.2. The van der Waals surface area contributed by atoms with Crippen molar-refractivity contribution < 1.29 is 18.9 Å². The highest BCUT2D eigenvalue weighted by molar-refractivity contribution is 7.80. The average Bonchev–Trinajstić information content (AvgIpc) is 3.05. The quantitative estimate of drug-likeness (QED) is 0.707. The Balaban J connectivity index is 2.06. The van der Waals surface area contributed by atoms with Gasteiger partial charge in [-0.15, -0.1) is 0 Å². The van der Waals surface area contributed by atoms with Crippen LogP contribution in [-0.4, -0.2) is 51.6 Å². The number of hydrogen-bond acceptors (Lipinski definition) is 7. The average molecular weight is 443 g/mol. The van der Waals surface area contributed by atoms with Gasteiger partial charge in [0.05, 0.1) is 39.6 Å². The fourth-order valence-corrected chi connectivity index (χ4v) is 4.81. The van der Waals surface area contributed by atoms with E-state index >= 15 is 0 Å². The van der Waals surface area contributed by atoms with E-state index in [1.54, 1.807) is 34.4 Å². The van der Waals surface area contributed by atoms with Gasteiger partial charge in [-0.3, -0.25) is 4.79 Å². The van der Waals surface area contributed by atoms with Crippen LogP contribution in [0.15, 0.2) is 29.1 Å². The summed E-state index contributed by atoms with van der Waals surface area (Å²) in [7, 11) is 6.56. The predicted octanol–water partition coefficient (Wildman–Crippen LogP) is 3.39. The number of benzene rings is 1. The van der Waals surface area contributed by atoms with Gasteiger partial charge in [-0.25, -0.2) is 0 Å². The molecule has 31 heavy (non-hydrogen) atoms. The van der Waals surface area contributed by atoms with E-state index in [-0.39, 0.29) is 11.5 Å². The van der Waals surface area contributed by atoms with E-state index in [4.69, 9.17) is 31.2 Å². The molecule has 4 rings (SSSR count). The maximum Gasteiger partial charge on any atom is 0.259 e. The number of ether oxygens (including phenoxy) is 4. The van der Waals surface area contributed by atoms with Crippen LogP contribution in [0.4, 0.5) is 5.69 Å². The second-order valence-electron chi connectivity index (χ2n) is 7.42. The molecule has 0 unspecified atom stereocenters. The molecule has 1 heterocycles. The molecule has 2 aromatic rings. The van der Waals surface area contributed by atoms with Crippen LogP contribution in [0.5, 0.6) is 17.2 Å². The summed E-state index contributed by atoms with van der Waals surface area (Å²) in [4.78, 5) is 15.0. The Morgan fingerprint density at radius 2 is 1.90 bits per heavy atom. The van der Waals surface area contributed by atoms with E-state index in [1.165, 1.54) is 0 Å². The number of rotatable bonds is 5. The Kier molecular flexibility index (Phi) is 5.91. The number of fused-ring (bicyclic) bond motifs is 3. The molecule has 1 aliphatic carbocycles. The van der Waals surface area contributed by atoms with Crippen LogP contribution < -0.4 is 25.0 Å². The summed E-state index contributed by atoms with van der Waals surface area (Å²) in [6.07, 6.45) is 1.52. The van der Waals surface area contributed by atoms with Gasteiger partial charge in [-0.1, -0.05) is 6.07 Å². The SMILES string of the molecule is CNc1ccc2c(cc1=O)[C@@H](N1CCOC1=S)CCc1cc(OC)c(OC)c(OC)c1-2. The first-order valence-corrected chi connectivity index (χ1v) is 10.6. The third kappa shape index (κ3) is 3.54. The third-order valence-electron chi connectivity index (χ3n) is 5.94. The van der Waals surface area contributed by atoms with Crippen molar-refractivity contribution in [3.63, 3.8) is 0 Å². The minimum absolute atomic E-state index is 0.0809. The standard InChI is InChI=1S/C23H26N2O5S/c1-24-16-7-6-14-15(12-18(16)26)17(25-9-10-30-23(25)31)8-5-13-11-19(27-2)21(28-3)22(29-4)20(13)14/h6-7,11-12,17H,5,8-10H2,1-4H3,(H,24,26)/t17-/m0/s1. The normalized spacial score (nSPS) is 17.2. The fraction of sp³-hybridized carbons (Fsp3) is 0.391. The van der Waals surface area contributed by atoms with E-state index in [0.717, 1.165) is 35.1 Å². The summed E-state index contributed by atoms with van der Waals surface area (Å²) in [6, 6.07) is 7.38. The van der Waals surface area contributed by atoms with Crippen LogP contribution in [0.2, 0.25) is 0 Å². The Hall–Kier alpha value is -3.00. The summed E-state index contributed by atoms with van der Waals surface area (Å²) < 4.78 is 22.6. The molecule has 8 heteroatoms. The zero-order valence-electron chi connectivity index (χ0n) is 18.1. The van der Waals surface area contributed by atoms with Crippen molar-refractivity contribution in [2.24, 2.45) is 0 Å². The van der Waals surface area contributed by atoms with Gasteiger partial charge in [-0.2, -0.15) is 0 Å². The number of thiocarbonyl (C=S) groups is 1. The summed E-state index contributed by atoms with van der Waals surface area (Å²) in [5.74, 6) is 1.72. The van der Waals surface area contributed by atoms with Crippen LogP contribution >= 0.6 is 12.2 Å². The van der Waals surface area contributed by atoms with E-state index in [0.29, 0.717) is 41.3 Å². The molecule has 0 spiro atoms. The second kappa shape index (κ2) is 8.63. The lowest BCUT2D eigenvalue weighted by molar-refractivity contribution is 0.324. The molecule has 1 saturated heterocycles. The van der Waals surface area contributed by atoms with Crippen molar-refractivity contribution >= 4 is 23.1 Å². The summed E-state index contributed by atoms with van der Waals surface area (Å²) in [5.41, 5.74) is 4.21. The molecule has 1 N–H and O–H groups in total. The Morgan fingerprint density at radius 3 is 2.52 bits per heavy atom. The Labute approximate surface area is 186 Å². The third-order valence-corrected chi connectivity index (χ3v) is 6.30. The zero-order valence-corrected chi connectivity index (χ0v) is 18.9. The Morgan fingerprint density at radius 1 is 1.13 bits per heavy atom. The molecule has 0 saturated carbocycles. The van der Waals surface area contributed by atoms with Crippen LogP contribution in [-0.2, 0) is 11.2 Å². The van der Waals surface area contributed by atoms with E-state index in [2.05, 4.69) is 10.2 Å². The molecule has 7 nitrogen and oxygen atoms in total. The minimum Gasteiger partial charge on any atom is -0.493 e. The maximum absolute atomic E-state index is 12.9. The molecule has 0 aromatic heterocycles. The molecular formula is C23H26N2O5S. The minimum atomic E-state index is -0.0936. The molecule has 0 amide bonds. The topological polar surface area (TPSA) is 69.3 Å². The van der Waals surface area contributed by atoms with Crippen molar-refractivity contribution in [2.75, 3.05) is 46.8 Å². The van der Waals surface area contributed by atoms with Crippen LogP contribution in [0.3, 0.4) is 0 Å². The smallest absolute Gasteiger partial charge is 0.259 e. The molecule has 1 atom stereocenters. The highest BCUT2D eigenvalue weighted by Crippen LogP contribution is 2.51. The highest BCUT2D eigenvalue weighted by Gasteiger charge is 2.34. The number of methoxy groups -OCH3 is 3. The second-order valence-corrected chi connectivity index (χ2v) is 7.77. The zero-order chi connectivity index (χ0) is 22.1. The molecule has 0 radical (unpaired) electrons. The van der Waals surface area contributed by atoms with Crippen LogP contribution in [0.25, 0.3) is 11.1 Å². The lowest BCUT2D eigenvalue weighted by Gasteiger charge is -2.27. The highest BCUT2D eigenvalue weighted by atomic mass is 32.1. The van der Waals surface area contributed by atoms with Crippen molar-refractivity contribution in [1.29, 1.82) is 0 Å². The van der Waals surface area contributed by atoms with E-state index < -0.39 is 0 Å². The van der Waals surface area contributed by atoms with Gasteiger partial charge < -0.3 is 29.2 Å². The summed E-state index contributed by atoms with van der Waals surface area (Å²) in [5, 5.41) is 3.46. The fourth-order valence-electron chi connectivity index (χ4n) is 4.51. The van der Waals surface area contributed by atoms with Gasteiger partial charge in [-0.05, 0) is 59.9 Å². The number of hydrogen-bond donors (Lipinski definition) is 1. The summed E-state index contributed by atoms with van der Waals surface area (Å²) in [6.45, 7) is 1.24. The molecular weight excluding hydrogens is 416 g/mol. The Bertz CT molecular complexity index is 1090. The van der Waals surface area contributed by atoms with Crippen molar-refractivity contribution in [1.82, 2.24) is 4.90 Å². The van der Waals surface area contributed by atoms with Gasteiger partial charge in [0.25, 0.3) is 5.17 Å². The lowest BCUT2D eigenvalue weighted by atomic mass is 9.95.